The third kappa shape index (κ3) is 4.06. The van der Waals surface area contributed by atoms with Crippen LogP contribution in [0.3, 0.4) is 0 Å². The normalized spacial score (nSPS) is 20.2. The van der Waals surface area contributed by atoms with E-state index in [2.05, 4.69) is 15.4 Å². The van der Waals surface area contributed by atoms with Gasteiger partial charge in [0.2, 0.25) is 10.0 Å². The minimum atomic E-state index is -3.73. The highest BCUT2D eigenvalue weighted by Crippen LogP contribution is 2.41. The van der Waals surface area contributed by atoms with Crippen LogP contribution in [0.25, 0.3) is 0 Å². The van der Waals surface area contributed by atoms with Crippen LogP contribution in [0.15, 0.2) is 59.8 Å². The number of nitrogens with zero attached hydrogens (tertiary/aromatic N) is 5. The lowest BCUT2D eigenvalue weighted by Crippen LogP contribution is -2.38. The van der Waals surface area contributed by atoms with Crippen molar-refractivity contribution >= 4 is 10.0 Å². The second-order valence-corrected chi connectivity index (χ2v) is 9.11. The van der Waals surface area contributed by atoms with E-state index >= 15 is 0 Å². The van der Waals surface area contributed by atoms with Gasteiger partial charge in [-0.25, -0.2) is 12.8 Å². The molecular formula is C20H22FN5O2S. The average molecular weight is 415 g/mol. The SMILES string of the molecule is Cc1ccc(S(=O)(=O)N2C(CCn3ncnn3)CCC2c2ccc(F)cc2)cc1. The number of hydrogen-bond donors (Lipinski definition) is 0. The molecule has 7 nitrogen and oxygen atoms in total. The summed E-state index contributed by atoms with van der Waals surface area (Å²) in [4.78, 5) is 1.73. The molecule has 3 aromatic rings. The highest BCUT2D eigenvalue weighted by Gasteiger charge is 2.42. The Morgan fingerprint density at radius 2 is 1.79 bits per heavy atom. The molecule has 1 saturated heterocycles. The summed E-state index contributed by atoms with van der Waals surface area (Å²) in [5.41, 5.74) is 1.79. The summed E-state index contributed by atoms with van der Waals surface area (Å²) >= 11 is 0. The zero-order chi connectivity index (χ0) is 20.4. The van der Waals surface area contributed by atoms with Gasteiger partial charge >= 0.3 is 0 Å². The maximum atomic E-state index is 13.6. The zero-order valence-electron chi connectivity index (χ0n) is 16.0. The van der Waals surface area contributed by atoms with Crippen LogP contribution in [0.5, 0.6) is 0 Å². The maximum absolute atomic E-state index is 13.6. The Kier molecular flexibility index (Phi) is 5.42. The maximum Gasteiger partial charge on any atom is 0.243 e. The van der Waals surface area contributed by atoms with E-state index in [1.54, 1.807) is 40.7 Å². The molecule has 2 heterocycles. The molecule has 1 fully saturated rings. The lowest BCUT2D eigenvalue weighted by Gasteiger charge is -2.30. The fourth-order valence-electron chi connectivity index (χ4n) is 3.88. The van der Waals surface area contributed by atoms with Crippen LogP contribution >= 0.6 is 0 Å². The topological polar surface area (TPSA) is 81.0 Å². The smallest absolute Gasteiger partial charge is 0.207 e. The Morgan fingerprint density at radius 1 is 1.07 bits per heavy atom. The number of hydrogen-bond acceptors (Lipinski definition) is 5. The minimum Gasteiger partial charge on any atom is -0.207 e. The summed E-state index contributed by atoms with van der Waals surface area (Å²) in [5.74, 6) is -0.339. The molecular weight excluding hydrogens is 393 g/mol. The monoisotopic (exact) mass is 415 g/mol. The van der Waals surface area contributed by atoms with Crippen LogP contribution in [-0.4, -0.2) is 39.0 Å². The number of halogens is 1. The summed E-state index contributed by atoms with van der Waals surface area (Å²) in [6.07, 6.45) is 3.31. The number of aryl methyl sites for hydroxylation is 2. The third-order valence-electron chi connectivity index (χ3n) is 5.35. The zero-order valence-corrected chi connectivity index (χ0v) is 16.8. The summed E-state index contributed by atoms with van der Waals surface area (Å²) in [5, 5.41) is 11.6. The predicted molar refractivity (Wildman–Crippen MR) is 105 cm³/mol. The highest BCUT2D eigenvalue weighted by atomic mass is 32.2. The second-order valence-electron chi connectivity index (χ2n) is 7.27. The largest absolute Gasteiger partial charge is 0.243 e. The van der Waals surface area contributed by atoms with Gasteiger partial charge in [-0.1, -0.05) is 29.8 Å². The Morgan fingerprint density at radius 3 is 2.45 bits per heavy atom. The molecule has 2 aromatic carbocycles. The summed E-state index contributed by atoms with van der Waals surface area (Å²) in [7, 11) is -3.73. The molecule has 2 atom stereocenters. The first-order chi connectivity index (χ1) is 13.9. The quantitative estimate of drug-likeness (QED) is 0.618. The van der Waals surface area contributed by atoms with Crippen LogP contribution in [0.2, 0.25) is 0 Å². The molecule has 9 heteroatoms. The highest BCUT2D eigenvalue weighted by molar-refractivity contribution is 7.89. The molecule has 2 unspecified atom stereocenters. The van der Waals surface area contributed by atoms with Crippen LogP contribution in [0.1, 0.15) is 36.4 Å². The van der Waals surface area contributed by atoms with Crippen LogP contribution < -0.4 is 0 Å². The molecule has 0 spiro atoms. The number of rotatable bonds is 6. The number of benzene rings is 2. The fourth-order valence-corrected chi connectivity index (χ4v) is 5.77. The van der Waals surface area contributed by atoms with E-state index in [-0.39, 0.29) is 22.8 Å². The molecule has 4 rings (SSSR count). The van der Waals surface area contributed by atoms with Gasteiger partial charge < -0.3 is 0 Å². The van der Waals surface area contributed by atoms with Crippen molar-refractivity contribution in [2.24, 2.45) is 0 Å². The van der Waals surface area contributed by atoms with E-state index in [1.165, 1.54) is 23.3 Å². The lowest BCUT2D eigenvalue weighted by molar-refractivity contribution is 0.295. The van der Waals surface area contributed by atoms with E-state index in [9.17, 15) is 12.8 Å². The van der Waals surface area contributed by atoms with Gasteiger partial charge in [-0.2, -0.15) is 9.10 Å². The van der Waals surface area contributed by atoms with Gasteiger partial charge in [0, 0.05) is 6.04 Å². The van der Waals surface area contributed by atoms with Crippen molar-refractivity contribution in [2.45, 2.75) is 49.7 Å². The number of sulfonamides is 1. The third-order valence-corrected chi connectivity index (χ3v) is 7.32. The van der Waals surface area contributed by atoms with Crippen molar-refractivity contribution in [2.75, 3.05) is 0 Å². The molecule has 1 aromatic heterocycles. The number of tetrazole rings is 1. The van der Waals surface area contributed by atoms with Crippen molar-refractivity contribution < 1.29 is 12.8 Å². The van der Waals surface area contributed by atoms with Crippen LogP contribution in [0, 0.1) is 12.7 Å². The van der Waals surface area contributed by atoms with E-state index in [1.807, 2.05) is 6.92 Å². The lowest BCUT2D eigenvalue weighted by atomic mass is 10.1. The summed E-state index contributed by atoms with van der Waals surface area (Å²) in [6, 6.07) is 12.4. The molecule has 0 saturated carbocycles. The van der Waals surface area contributed by atoms with E-state index < -0.39 is 10.0 Å². The van der Waals surface area contributed by atoms with Crippen molar-refractivity contribution in [3.63, 3.8) is 0 Å². The van der Waals surface area contributed by atoms with Gasteiger partial charge in [0.25, 0.3) is 0 Å². The van der Waals surface area contributed by atoms with Gasteiger partial charge in [0.1, 0.15) is 5.82 Å². The van der Waals surface area contributed by atoms with Crippen molar-refractivity contribution in [1.82, 2.24) is 24.5 Å². The second kappa shape index (κ2) is 8.00. The average Bonchev–Trinajstić information content (AvgIpc) is 3.37. The minimum absolute atomic E-state index is 0.206. The first kappa shape index (κ1) is 19.7. The van der Waals surface area contributed by atoms with Crippen molar-refractivity contribution in [3.05, 3.63) is 71.8 Å². The predicted octanol–water partition coefficient (Wildman–Crippen LogP) is 3.11. The van der Waals surface area contributed by atoms with Gasteiger partial charge in [-0.3, -0.25) is 0 Å². The van der Waals surface area contributed by atoms with Gasteiger partial charge in [-0.05, 0) is 61.2 Å². The Balaban J connectivity index is 1.68. The van der Waals surface area contributed by atoms with Gasteiger partial charge in [0.15, 0.2) is 6.33 Å². The molecule has 0 radical (unpaired) electrons. The van der Waals surface area contributed by atoms with Crippen molar-refractivity contribution in [3.8, 4) is 0 Å². The molecule has 29 heavy (non-hydrogen) atoms. The van der Waals surface area contributed by atoms with Gasteiger partial charge in [-0.15, -0.1) is 10.2 Å². The standard InChI is InChI=1S/C20H22FN5O2S/c1-15-2-9-19(10-3-15)29(27,28)26-18(12-13-25-23-14-22-24-25)8-11-20(26)16-4-6-17(21)7-5-16/h2-7,9-10,14,18,20H,8,11-13H2,1H3. The molecule has 0 aliphatic carbocycles. The molecule has 0 N–H and O–H groups in total. The molecule has 1 aliphatic rings. The van der Waals surface area contributed by atoms with Crippen LogP contribution in [-0.2, 0) is 16.6 Å². The Hall–Kier alpha value is -2.65. The van der Waals surface area contributed by atoms with Crippen molar-refractivity contribution in [1.29, 1.82) is 0 Å². The summed E-state index contributed by atoms with van der Waals surface area (Å²) in [6.45, 7) is 2.39. The molecule has 0 amide bonds. The van der Waals surface area contributed by atoms with E-state index in [4.69, 9.17) is 0 Å². The van der Waals surface area contributed by atoms with Crippen LogP contribution in [0.4, 0.5) is 4.39 Å². The Labute approximate surface area is 169 Å². The fraction of sp³-hybridized carbons (Fsp3) is 0.350. The number of aromatic nitrogens is 4. The molecule has 1 aliphatic heterocycles. The first-order valence-electron chi connectivity index (χ1n) is 9.51. The van der Waals surface area contributed by atoms with E-state index in [0.29, 0.717) is 25.8 Å². The summed E-state index contributed by atoms with van der Waals surface area (Å²) < 4.78 is 42.1. The van der Waals surface area contributed by atoms with E-state index in [0.717, 1.165) is 11.1 Å². The van der Waals surface area contributed by atoms with Gasteiger partial charge in [0.05, 0.1) is 17.5 Å². The Bertz CT molecular complexity index is 1050. The first-order valence-corrected chi connectivity index (χ1v) is 11.0. The molecule has 0 bridgehead atoms. The molecule has 152 valence electrons.